The summed E-state index contributed by atoms with van der Waals surface area (Å²) in [6.07, 6.45) is 2.57. The van der Waals surface area contributed by atoms with E-state index in [4.69, 9.17) is 11.6 Å². The van der Waals surface area contributed by atoms with Crippen molar-refractivity contribution in [3.8, 4) is 0 Å². The minimum absolute atomic E-state index is 0.00981. The molecule has 25 heavy (non-hydrogen) atoms. The summed E-state index contributed by atoms with van der Waals surface area (Å²) in [7, 11) is 0. The molecule has 2 aliphatic rings. The van der Waals surface area contributed by atoms with E-state index in [2.05, 4.69) is 33.0 Å². The van der Waals surface area contributed by atoms with Crippen molar-refractivity contribution in [1.82, 2.24) is 9.80 Å². The Morgan fingerprint density at radius 2 is 1.84 bits per heavy atom. The Hall–Kier alpha value is -1.36. The molecular weight excluding hydrogens is 400 g/mol. The van der Waals surface area contributed by atoms with Crippen molar-refractivity contribution in [2.75, 3.05) is 19.6 Å². The predicted octanol–water partition coefficient (Wildman–Crippen LogP) is 4.76. The van der Waals surface area contributed by atoms with Crippen molar-refractivity contribution in [3.05, 3.63) is 69.2 Å². The maximum Gasteiger partial charge on any atom is 0.256 e. The first-order valence-electron chi connectivity index (χ1n) is 8.68. The van der Waals surface area contributed by atoms with Gasteiger partial charge in [0, 0.05) is 30.1 Å². The molecule has 0 bridgehead atoms. The number of benzene rings is 2. The molecule has 2 fully saturated rings. The van der Waals surface area contributed by atoms with Gasteiger partial charge in [-0.05, 0) is 36.6 Å². The molecule has 2 aromatic carbocycles. The topological polar surface area (TPSA) is 23.6 Å². The Morgan fingerprint density at radius 3 is 2.56 bits per heavy atom. The molecule has 1 aliphatic carbocycles. The quantitative estimate of drug-likeness (QED) is 0.716. The zero-order chi connectivity index (χ0) is 17.4. The molecule has 1 atom stereocenters. The van der Waals surface area contributed by atoms with Gasteiger partial charge in [0.1, 0.15) is 0 Å². The fourth-order valence-corrected chi connectivity index (χ4v) is 4.15. The molecule has 0 aromatic heterocycles. The van der Waals surface area contributed by atoms with Crippen LogP contribution in [0.1, 0.15) is 34.8 Å². The normalized spacial score (nSPS) is 21.4. The van der Waals surface area contributed by atoms with E-state index >= 15 is 0 Å². The van der Waals surface area contributed by atoms with E-state index in [1.54, 1.807) is 6.07 Å². The highest BCUT2D eigenvalue weighted by molar-refractivity contribution is 9.10. The van der Waals surface area contributed by atoms with Gasteiger partial charge in [0.2, 0.25) is 0 Å². The van der Waals surface area contributed by atoms with Crippen LogP contribution >= 0.6 is 27.5 Å². The van der Waals surface area contributed by atoms with Gasteiger partial charge in [0.25, 0.3) is 5.91 Å². The molecule has 1 unspecified atom stereocenters. The van der Waals surface area contributed by atoms with Crippen LogP contribution in [0, 0.1) is 0 Å². The predicted molar refractivity (Wildman–Crippen MR) is 104 cm³/mol. The van der Waals surface area contributed by atoms with E-state index in [1.165, 1.54) is 18.4 Å². The number of amides is 1. The van der Waals surface area contributed by atoms with E-state index in [-0.39, 0.29) is 11.9 Å². The molecule has 5 heteroatoms. The van der Waals surface area contributed by atoms with Gasteiger partial charge in [0.05, 0.1) is 16.6 Å². The van der Waals surface area contributed by atoms with Gasteiger partial charge in [-0.25, -0.2) is 0 Å². The van der Waals surface area contributed by atoms with Gasteiger partial charge in [0.15, 0.2) is 0 Å². The van der Waals surface area contributed by atoms with Crippen LogP contribution in [-0.2, 0) is 0 Å². The zero-order valence-corrected chi connectivity index (χ0v) is 16.2. The number of carbonyl (C=O) groups excluding carboxylic acids is 1. The first kappa shape index (κ1) is 17.1. The highest BCUT2D eigenvalue weighted by Crippen LogP contribution is 2.35. The minimum Gasteiger partial charge on any atom is -0.329 e. The van der Waals surface area contributed by atoms with E-state index in [0.717, 1.165) is 24.1 Å². The Kier molecular flexibility index (Phi) is 4.85. The van der Waals surface area contributed by atoms with Gasteiger partial charge in [-0.1, -0.05) is 57.9 Å². The number of hydrogen-bond acceptors (Lipinski definition) is 2. The van der Waals surface area contributed by atoms with Gasteiger partial charge < -0.3 is 4.90 Å². The molecule has 0 radical (unpaired) electrons. The zero-order valence-electron chi connectivity index (χ0n) is 13.9. The summed E-state index contributed by atoms with van der Waals surface area (Å²) in [5, 5.41) is 0.504. The molecule has 1 saturated heterocycles. The van der Waals surface area contributed by atoms with E-state index < -0.39 is 0 Å². The highest BCUT2D eigenvalue weighted by atomic mass is 79.9. The molecule has 0 spiro atoms. The molecular formula is C20H20BrClN2O. The average Bonchev–Trinajstić information content (AvgIpc) is 3.49. The second kappa shape index (κ2) is 7.10. The third kappa shape index (κ3) is 3.62. The molecule has 2 aromatic rings. The fraction of sp³-hybridized carbons (Fsp3) is 0.350. The fourth-order valence-electron chi connectivity index (χ4n) is 3.60. The van der Waals surface area contributed by atoms with Gasteiger partial charge in [-0.3, -0.25) is 9.69 Å². The Labute approximate surface area is 161 Å². The standard InChI is InChI=1S/C20H20BrClN2O/c21-15-6-9-18(22)17(12-15)20(25)24-11-10-23(16-7-8-16)13-19(24)14-4-2-1-3-5-14/h1-6,9,12,16,19H,7-8,10-11,13H2. The summed E-state index contributed by atoms with van der Waals surface area (Å²) in [4.78, 5) is 17.8. The lowest BCUT2D eigenvalue weighted by Crippen LogP contribution is -2.51. The van der Waals surface area contributed by atoms with Crippen molar-refractivity contribution >= 4 is 33.4 Å². The maximum atomic E-state index is 13.3. The molecule has 1 saturated carbocycles. The first-order valence-corrected chi connectivity index (χ1v) is 9.85. The van der Waals surface area contributed by atoms with Crippen LogP contribution in [0.5, 0.6) is 0 Å². The van der Waals surface area contributed by atoms with Crippen molar-refractivity contribution in [2.45, 2.75) is 24.9 Å². The van der Waals surface area contributed by atoms with Crippen molar-refractivity contribution in [2.24, 2.45) is 0 Å². The molecule has 0 N–H and O–H groups in total. The lowest BCUT2D eigenvalue weighted by atomic mass is 10.0. The summed E-state index contributed by atoms with van der Waals surface area (Å²) in [5.41, 5.74) is 1.75. The lowest BCUT2D eigenvalue weighted by molar-refractivity contribution is 0.0433. The van der Waals surface area contributed by atoms with Crippen molar-refractivity contribution in [1.29, 1.82) is 0 Å². The maximum absolute atomic E-state index is 13.3. The number of nitrogens with zero attached hydrogens (tertiary/aromatic N) is 2. The van der Waals surface area contributed by atoms with Crippen molar-refractivity contribution < 1.29 is 4.79 Å². The molecule has 1 amide bonds. The third-order valence-corrected chi connectivity index (χ3v) is 5.90. The van der Waals surface area contributed by atoms with Crippen LogP contribution in [-0.4, -0.2) is 41.4 Å². The van der Waals surface area contributed by atoms with Crippen LogP contribution in [0.2, 0.25) is 5.02 Å². The number of rotatable bonds is 3. The lowest BCUT2D eigenvalue weighted by Gasteiger charge is -2.42. The number of halogens is 2. The first-order chi connectivity index (χ1) is 12.1. The molecule has 1 aliphatic heterocycles. The monoisotopic (exact) mass is 418 g/mol. The molecule has 3 nitrogen and oxygen atoms in total. The largest absolute Gasteiger partial charge is 0.329 e. The third-order valence-electron chi connectivity index (χ3n) is 5.08. The Balaban J connectivity index is 1.66. The smallest absolute Gasteiger partial charge is 0.256 e. The summed E-state index contributed by atoms with van der Waals surface area (Å²) in [6, 6.07) is 16.6. The molecule has 1 heterocycles. The number of hydrogen-bond donors (Lipinski definition) is 0. The second-order valence-electron chi connectivity index (χ2n) is 6.78. The van der Waals surface area contributed by atoms with Crippen LogP contribution in [0.4, 0.5) is 0 Å². The number of piperazine rings is 1. The summed E-state index contributed by atoms with van der Waals surface area (Å²) < 4.78 is 0.869. The summed E-state index contributed by atoms with van der Waals surface area (Å²) >= 11 is 9.76. The number of carbonyl (C=O) groups is 1. The van der Waals surface area contributed by atoms with Crippen LogP contribution in [0.15, 0.2) is 53.0 Å². The summed E-state index contributed by atoms with van der Waals surface area (Å²) in [5.74, 6) is 0.00981. The SMILES string of the molecule is O=C(c1cc(Br)ccc1Cl)N1CCN(C2CC2)CC1c1ccccc1. The van der Waals surface area contributed by atoms with Crippen LogP contribution in [0.3, 0.4) is 0 Å². The Morgan fingerprint density at radius 1 is 1.08 bits per heavy atom. The minimum atomic E-state index is 0.00981. The van der Waals surface area contributed by atoms with Crippen LogP contribution < -0.4 is 0 Å². The van der Waals surface area contributed by atoms with E-state index in [0.29, 0.717) is 16.6 Å². The van der Waals surface area contributed by atoms with E-state index in [1.807, 2.05) is 35.2 Å². The molecule has 130 valence electrons. The Bertz CT molecular complexity index is 779. The van der Waals surface area contributed by atoms with Crippen LogP contribution in [0.25, 0.3) is 0 Å². The summed E-state index contributed by atoms with van der Waals surface area (Å²) in [6.45, 7) is 2.56. The van der Waals surface area contributed by atoms with E-state index in [9.17, 15) is 4.79 Å². The highest BCUT2D eigenvalue weighted by Gasteiger charge is 2.38. The van der Waals surface area contributed by atoms with Crippen molar-refractivity contribution in [3.63, 3.8) is 0 Å². The molecule has 4 rings (SSSR count). The second-order valence-corrected chi connectivity index (χ2v) is 8.10. The van der Waals surface area contributed by atoms with Gasteiger partial charge >= 0.3 is 0 Å². The van der Waals surface area contributed by atoms with Gasteiger partial charge in [-0.2, -0.15) is 0 Å². The van der Waals surface area contributed by atoms with Gasteiger partial charge in [-0.15, -0.1) is 0 Å². The average molecular weight is 420 g/mol.